The van der Waals surface area contributed by atoms with E-state index < -0.39 is 0 Å². The van der Waals surface area contributed by atoms with Gasteiger partial charge in [0, 0.05) is 11.6 Å². The van der Waals surface area contributed by atoms with Crippen LogP contribution in [0.25, 0.3) is 10.9 Å². The first-order chi connectivity index (χ1) is 12.2. The number of aromatic nitrogens is 1. The summed E-state index contributed by atoms with van der Waals surface area (Å²) in [6.45, 7) is 0.449. The maximum Gasteiger partial charge on any atom is 0.310 e. The number of fused-ring (bicyclic) bond motifs is 2. The summed E-state index contributed by atoms with van der Waals surface area (Å²) in [5.41, 5.74) is 1.80. The van der Waals surface area contributed by atoms with E-state index in [-0.39, 0.29) is 25.1 Å². The Balaban J connectivity index is 1.23. The van der Waals surface area contributed by atoms with Gasteiger partial charge in [-0.25, -0.2) is 0 Å². The van der Waals surface area contributed by atoms with Crippen LogP contribution in [0.4, 0.5) is 0 Å². The van der Waals surface area contributed by atoms with Gasteiger partial charge in [0.2, 0.25) is 0 Å². The maximum absolute atomic E-state index is 12.3. The number of rotatable bonds is 5. The van der Waals surface area contributed by atoms with E-state index in [1.165, 1.54) is 31.9 Å². The molecule has 0 aliphatic heterocycles. The van der Waals surface area contributed by atoms with E-state index in [0.717, 1.165) is 10.9 Å². The van der Waals surface area contributed by atoms with Gasteiger partial charge in [-0.15, -0.1) is 0 Å². The fourth-order valence-corrected chi connectivity index (χ4v) is 4.75. The first-order valence-electron chi connectivity index (χ1n) is 8.79. The monoisotopic (exact) mass is 334 g/mol. The van der Waals surface area contributed by atoms with Crippen LogP contribution in [0.15, 0.2) is 30.5 Å². The number of pyridine rings is 1. The summed E-state index contributed by atoms with van der Waals surface area (Å²) in [6.07, 6.45) is 6.28. The highest BCUT2D eigenvalue weighted by Gasteiger charge is 2.89. The van der Waals surface area contributed by atoms with E-state index in [1.54, 1.807) is 0 Å². The van der Waals surface area contributed by atoms with Crippen LogP contribution in [0.3, 0.4) is 0 Å². The molecule has 2 aromatic rings. The summed E-state index contributed by atoms with van der Waals surface area (Å²) in [7, 11) is 0. The summed E-state index contributed by atoms with van der Waals surface area (Å²) in [4.78, 5) is 16.6. The standard InChI is InChI=1S/C20H18N2O3/c21-11-13-12-22-15-4-2-1-3-14(15)16(13)24-9-10-25-18(23)17-19(5-6-19)20(17)7-8-20/h1-4,12,17H,5-10H2. The van der Waals surface area contributed by atoms with Crippen molar-refractivity contribution >= 4 is 16.9 Å². The van der Waals surface area contributed by atoms with Crippen molar-refractivity contribution in [1.29, 1.82) is 5.26 Å². The molecule has 1 heterocycles. The van der Waals surface area contributed by atoms with E-state index >= 15 is 0 Å². The molecule has 3 saturated carbocycles. The molecule has 25 heavy (non-hydrogen) atoms. The number of nitriles is 1. The second-order valence-electron chi connectivity index (χ2n) is 7.39. The Hall–Kier alpha value is -2.61. The number of ether oxygens (including phenoxy) is 2. The molecular formula is C20H18N2O3. The molecule has 5 rings (SSSR count). The van der Waals surface area contributed by atoms with Gasteiger partial charge in [-0.3, -0.25) is 9.78 Å². The van der Waals surface area contributed by atoms with Crippen LogP contribution in [-0.2, 0) is 9.53 Å². The molecule has 0 saturated heterocycles. The van der Waals surface area contributed by atoms with E-state index in [9.17, 15) is 10.1 Å². The smallest absolute Gasteiger partial charge is 0.310 e. The molecule has 1 aromatic heterocycles. The number of nitrogens with zero attached hydrogens (tertiary/aromatic N) is 2. The third-order valence-electron chi connectivity index (χ3n) is 6.25. The van der Waals surface area contributed by atoms with Crippen molar-refractivity contribution in [3.05, 3.63) is 36.0 Å². The van der Waals surface area contributed by atoms with Gasteiger partial charge >= 0.3 is 5.97 Å². The first-order valence-corrected chi connectivity index (χ1v) is 8.79. The average Bonchev–Trinajstić information content (AvgIpc) is 3.56. The summed E-state index contributed by atoms with van der Waals surface area (Å²) in [5.74, 6) is 0.586. The van der Waals surface area contributed by atoms with Crippen molar-refractivity contribution in [2.75, 3.05) is 13.2 Å². The van der Waals surface area contributed by atoms with E-state index in [4.69, 9.17) is 9.47 Å². The minimum atomic E-state index is -0.0568. The summed E-state index contributed by atoms with van der Waals surface area (Å²) >= 11 is 0. The molecule has 3 fully saturated rings. The Bertz CT molecular complexity index is 904. The van der Waals surface area contributed by atoms with Crippen molar-refractivity contribution in [3.8, 4) is 11.8 Å². The van der Waals surface area contributed by atoms with Gasteiger partial charge in [0.1, 0.15) is 30.6 Å². The molecular weight excluding hydrogens is 316 g/mol. The molecule has 0 amide bonds. The summed E-state index contributed by atoms with van der Waals surface area (Å²) in [6, 6.07) is 9.64. The van der Waals surface area contributed by atoms with E-state index in [1.807, 2.05) is 24.3 Å². The predicted molar refractivity (Wildman–Crippen MR) is 89.7 cm³/mol. The lowest BCUT2D eigenvalue weighted by molar-refractivity contribution is -0.146. The van der Waals surface area contributed by atoms with Crippen molar-refractivity contribution < 1.29 is 14.3 Å². The number of carbonyl (C=O) groups is 1. The highest BCUT2D eigenvalue weighted by Crippen LogP contribution is 2.92. The Kier molecular flexibility index (Phi) is 2.91. The highest BCUT2D eigenvalue weighted by atomic mass is 16.6. The molecule has 0 bridgehead atoms. The summed E-state index contributed by atoms with van der Waals surface area (Å²) in [5, 5.41) is 10.1. The Morgan fingerprint density at radius 3 is 2.60 bits per heavy atom. The van der Waals surface area contributed by atoms with Gasteiger partial charge in [-0.2, -0.15) is 5.26 Å². The van der Waals surface area contributed by atoms with Crippen LogP contribution in [0, 0.1) is 28.1 Å². The fourth-order valence-electron chi connectivity index (χ4n) is 4.75. The molecule has 0 unspecified atom stereocenters. The number of esters is 1. The van der Waals surface area contributed by atoms with Crippen LogP contribution >= 0.6 is 0 Å². The van der Waals surface area contributed by atoms with Gasteiger partial charge < -0.3 is 9.47 Å². The molecule has 5 nitrogen and oxygen atoms in total. The van der Waals surface area contributed by atoms with Crippen LogP contribution in [0.5, 0.6) is 5.75 Å². The molecule has 1 aromatic carbocycles. The lowest BCUT2D eigenvalue weighted by atomic mass is 10.1. The quantitative estimate of drug-likeness (QED) is 0.620. The van der Waals surface area contributed by atoms with Crippen LogP contribution in [-0.4, -0.2) is 24.2 Å². The minimum Gasteiger partial charge on any atom is -0.488 e. The van der Waals surface area contributed by atoms with Gasteiger partial charge in [-0.05, 0) is 48.6 Å². The van der Waals surface area contributed by atoms with Crippen molar-refractivity contribution in [1.82, 2.24) is 4.98 Å². The Labute approximate surface area is 145 Å². The highest BCUT2D eigenvalue weighted by molar-refractivity contribution is 5.87. The van der Waals surface area contributed by atoms with Gasteiger partial charge in [-0.1, -0.05) is 12.1 Å². The van der Waals surface area contributed by atoms with Crippen LogP contribution in [0.2, 0.25) is 0 Å². The first kappa shape index (κ1) is 14.7. The van der Waals surface area contributed by atoms with E-state index in [2.05, 4.69) is 11.1 Å². The Morgan fingerprint density at radius 1 is 1.20 bits per heavy atom. The molecule has 0 radical (unpaired) electrons. The number of carbonyl (C=O) groups excluding carboxylic acids is 1. The normalized spacial score (nSPS) is 21.1. The average molecular weight is 334 g/mol. The molecule has 5 heteroatoms. The van der Waals surface area contributed by atoms with Crippen molar-refractivity contribution in [2.45, 2.75) is 25.7 Å². The SMILES string of the molecule is N#Cc1cnc2ccccc2c1OCCOC(=O)C1C2(CC2)C12CC2. The summed E-state index contributed by atoms with van der Waals surface area (Å²) < 4.78 is 11.2. The number of para-hydroxylation sites is 1. The molecule has 3 aliphatic rings. The largest absolute Gasteiger partial charge is 0.488 e. The zero-order valence-electron chi connectivity index (χ0n) is 13.8. The van der Waals surface area contributed by atoms with Crippen molar-refractivity contribution in [3.63, 3.8) is 0 Å². The molecule has 3 aliphatic carbocycles. The van der Waals surface area contributed by atoms with Gasteiger partial charge in [0.15, 0.2) is 0 Å². The van der Waals surface area contributed by atoms with Crippen LogP contribution in [0.1, 0.15) is 31.2 Å². The van der Waals surface area contributed by atoms with Crippen molar-refractivity contribution in [2.24, 2.45) is 16.7 Å². The molecule has 0 atom stereocenters. The molecule has 126 valence electrons. The van der Waals surface area contributed by atoms with Gasteiger partial charge in [0.25, 0.3) is 0 Å². The molecule has 0 N–H and O–H groups in total. The number of hydrogen-bond donors (Lipinski definition) is 0. The predicted octanol–water partition coefficient (Wildman–Crippen LogP) is 3.22. The number of hydrogen-bond acceptors (Lipinski definition) is 5. The third-order valence-corrected chi connectivity index (χ3v) is 6.25. The fraction of sp³-hybridized carbons (Fsp3) is 0.450. The lowest BCUT2D eigenvalue weighted by Crippen LogP contribution is -2.15. The van der Waals surface area contributed by atoms with Crippen LogP contribution < -0.4 is 4.74 Å². The van der Waals surface area contributed by atoms with Gasteiger partial charge in [0.05, 0.1) is 11.4 Å². The Morgan fingerprint density at radius 2 is 1.92 bits per heavy atom. The second-order valence-corrected chi connectivity index (χ2v) is 7.39. The maximum atomic E-state index is 12.3. The number of benzene rings is 1. The minimum absolute atomic E-state index is 0.0568. The lowest BCUT2D eigenvalue weighted by Gasteiger charge is -2.11. The zero-order valence-corrected chi connectivity index (χ0v) is 13.8. The second kappa shape index (κ2) is 4.95. The zero-order chi connectivity index (χ0) is 17.1. The van der Waals surface area contributed by atoms with E-state index in [0.29, 0.717) is 22.1 Å². The molecule has 2 spiro atoms. The third kappa shape index (κ3) is 2.00. The topological polar surface area (TPSA) is 72.2 Å².